The van der Waals surface area contributed by atoms with Gasteiger partial charge in [0, 0.05) is 17.1 Å². The summed E-state index contributed by atoms with van der Waals surface area (Å²) in [5.74, 6) is 0. The minimum Gasteiger partial charge on any atom is -0.216 e. The minimum atomic E-state index is 0. The van der Waals surface area contributed by atoms with E-state index in [1.807, 2.05) is 0 Å². The first-order valence-corrected chi connectivity index (χ1v) is 0.626. The average Bonchev–Trinajstić information content (AvgIpc) is 0.918. The van der Waals surface area contributed by atoms with Gasteiger partial charge < -0.3 is 0 Å². The predicted octanol–water partition coefficient (Wildman–Crippen LogP) is 1.10. The monoisotopic (exact) mass is 109 g/mol. The normalized spacial score (nSPS) is 3.25. The van der Waals surface area contributed by atoms with Crippen LogP contribution in [0.3, 0.4) is 0 Å². The van der Waals surface area contributed by atoms with Crippen LogP contribution in [-0.2, 0) is 17.1 Å². The first-order chi connectivity index (χ1) is 1.41. The van der Waals surface area contributed by atoms with Crippen molar-refractivity contribution < 1.29 is 21.5 Å². The Balaban J connectivity index is 0. The summed E-state index contributed by atoms with van der Waals surface area (Å²) in [4.78, 5) is 0. The molecular weight excluding hydrogens is 107 g/mol. The molecule has 0 spiro atoms. The van der Waals surface area contributed by atoms with Gasteiger partial charge in [0.15, 0.2) is 0 Å². The van der Waals surface area contributed by atoms with E-state index < -0.39 is 0 Å². The van der Waals surface area contributed by atoms with Crippen molar-refractivity contribution in [3.05, 3.63) is 12.9 Å². The molecule has 0 aromatic rings. The topological polar surface area (TPSA) is 0 Å². The molecule has 0 nitrogen and oxygen atoms in total. The number of halogens is 1. The maximum absolute atomic E-state index is 10.1. The summed E-state index contributed by atoms with van der Waals surface area (Å²) in [6.45, 7) is 2.69. The Morgan fingerprint density at radius 2 is 1.75 bits per heavy atom. The van der Waals surface area contributed by atoms with Crippen molar-refractivity contribution in [3.8, 4) is 0 Å². The molecule has 0 aliphatic carbocycles. The second kappa shape index (κ2) is 10.8. The van der Waals surface area contributed by atoms with Crippen molar-refractivity contribution in [1.82, 2.24) is 0 Å². The standard InChI is InChI=1S/C2H3F.Cu/c1-2-3;/h2H,1H2;. The first-order valence-electron chi connectivity index (χ1n) is 0.626. The molecule has 0 aromatic heterocycles. The Labute approximate surface area is 35.2 Å². The van der Waals surface area contributed by atoms with Crippen LogP contribution in [0.2, 0.25) is 0 Å². The van der Waals surface area contributed by atoms with Gasteiger partial charge >= 0.3 is 0 Å². The molecular formula is C2H3CuF. The van der Waals surface area contributed by atoms with Gasteiger partial charge in [0.25, 0.3) is 0 Å². The third-order valence-electron chi connectivity index (χ3n) is 0. The summed E-state index contributed by atoms with van der Waals surface area (Å²) >= 11 is 0. The quantitative estimate of drug-likeness (QED) is 0.409. The molecule has 0 unspecified atom stereocenters. The summed E-state index contributed by atoms with van der Waals surface area (Å²) < 4.78 is 10.1. The van der Waals surface area contributed by atoms with E-state index in [9.17, 15) is 4.39 Å². The third kappa shape index (κ3) is 86.3. The van der Waals surface area contributed by atoms with Gasteiger partial charge in [-0.1, -0.05) is 6.58 Å². The molecule has 0 amide bonds. The Kier molecular flexibility index (Phi) is 24.0. The maximum atomic E-state index is 10.1. The van der Waals surface area contributed by atoms with Crippen molar-refractivity contribution in [2.75, 3.05) is 0 Å². The van der Waals surface area contributed by atoms with Gasteiger partial charge in [0.05, 0.1) is 6.33 Å². The van der Waals surface area contributed by atoms with Crippen LogP contribution in [0.15, 0.2) is 12.9 Å². The second-order valence-corrected chi connectivity index (χ2v) is 0.154. The van der Waals surface area contributed by atoms with E-state index in [1.54, 1.807) is 0 Å². The Morgan fingerprint density at radius 3 is 1.75 bits per heavy atom. The van der Waals surface area contributed by atoms with E-state index in [0.717, 1.165) is 0 Å². The predicted molar refractivity (Wildman–Crippen MR) is 11.3 cm³/mol. The molecule has 0 atom stereocenters. The van der Waals surface area contributed by atoms with Crippen molar-refractivity contribution in [1.29, 1.82) is 0 Å². The SMILES string of the molecule is C=CF.[Cu]. The van der Waals surface area contributed by atoms with Gasteiger partial charge in [0.2, 0.25) is 0 Å². The van der Waals surface area contributed by atoms with E-state index in [2.05, 4.69) is 6.58 Å². The van der Waals surface area contributed by atoms with Gasteiger partial charge in [-0.05, 0) is 0 Å². The van der Waals surface area contributed by atoms with Crippen LogP contribution < -0.4 is 0 Å². The molecule has 0 fully saturated rings. The van der Waals surface area contributed by atoms with Gasteiger partial charge in [-0.3, -0.25) is 0 Å². The number of rotatable bonds is 0. The molecule has 0 N–H and O–H groups in total. The Morgan fingerprint density at radius 1 is 1.75 bits per heavy atom. The zero-order valence-electron chi connectivity index (χ0n) is 1.96. The van der Waals surface area contributed by atoms with Crippen LogP contribution >= 0.6 is 0 Å². The Hall–Kier alpha value is 0.189. The minimum absolute atomic E-state index is 0. The number of hydrogen-bond acceptors (Lipinski definition) is 0. The molecule has 29 valence electrons. The number of hydrogen-bond donors (Lipinski definition) is 0. The summed E-state index contributed by atoms with van der Waals surface area (Å²) in [6, 6.07) is 0. The first kappa shape index (κ1) is 8.89. The molecule has 0 bridgehead atoms. The van der Waals surface area contributed by atoms with E-state index in [4.69, 9.17) is 0 Å². The van der Waals surface area contributed by atoms with Crippen molar-refractivity contribution in [2.24, 2.45) is 0 Å². The van der Waals surface area contributed by atoms with Crippen molar-refractivity contribution in [2.45, 2.75) is 0 Å². The molecule has 0 aromatic carbocycles. The fourth-order valence-electron chi connectivity index (χ4n) is 0. The van der Waals surface area contributed by atoms with Crippen LogP contribution in [0.25, 0.3) is 0 Å². The fourth-order valence-corrected chi connectivity index (χ4v) is 0. The molecule has 0 rings (SSSR count). The van der Waals surface area contributed by atoms with Gasteiger partial charge in [0.1, 0.15) is 0 Å². The van der Waals surface area contributed by atoms with E-state index in [1.165, 1.54) is 0 Å². The Bertz CT molecular complexity index is 13.5. The zero-order valence-corrected chi connectivity index (χ0v) is 2.91. The van der Waals surface area contributed by atoms with E-state index in [0.29, 0.717) is 0 Å². The van der Waals surface area contributed by atoms with Gasteiger partial charge in [-0.25, -0.2) is 4.39 Å². The smallest absolute Gasteiger partial charge is 0.0795 e. The molecule has 0 heterocycles. The molecule has 1 radical (unpaired) electrons. The molecule has 0 aliphatic rings. The third-order valence-corrected chi connectivity index (χ3v) is 0. The molecule has 0 saturated carbocycles. The van der Waals surface area contributed by atoms with Crippen molar-refractivity contribution in [3.63, 3.8) is 0 Å². The van der Waals surface area contributed by atoms with Crippen LogP contribution in [0.4, 0.5) is 4.39 Å². The summed E-state index contributed by atoms with van der Waals surface area (Å²) in [6.07, 6.45) is 0.250. The maximum Gasteiger partial charge on any atom is 0.0795 e. The average molecular weight is 110 g/mol. The van der Waals surface area contributed by atoms with E-state index in [-0.39, 0.29) is 23.4 Å². The van der Waals surface area contributed by atoms with Crippen LogP contribution in [0, 0.1) is 0 Å². The van der Waals surface area contributed by atoms with Crippen LogP contribution in [0.5, 0.6) is 0 Å². The zero-order chi connectivity index (χ0) is 2.71. The van der Waals surface area contributed by atoms with Crippen molar-refractivity contribution >= 4 is 0 Å². The molecule has 2 heteroatoms. The summed E-state index contributed by atoms with van der Waals surface area (Å²) in [5, 5.41) is 0. The molecule has 0 aliphatic heterocycles. The fraction of sp³-hybridized carbons (Fsp3) is 0. The van der Waals surface area contributed by atoms with Gasteiger partial charge in [-0.2, -0.15) is 0 Å². The van der Waals surface area contributed by atoms with E-state index >= 15 is 0 Å². The van der Waals surface area contributed by atoms with Crippen LogP contribution in [-0.4, -0.2) is 0 Å². The summed E-state index contributed by atoms with van der Waals surface area (Å²) in [7, 11) is 0. The van der Waals surface area contributed by atoms with Gasteiger partial charge in [-0.15, -0.1) is 0 Å². The molecule has 4 heavy (non-hydrogen) atoms. The largest absolute Gasteiger partial charge is 0.216 e. The second-order valence-electron chi connectivity index (χ2n) is 0.154. The molecule has 0 saturated heterocycles. The van der Waals surface area contributed by atoms with Crippen LogP contribution in [0.1, 0.15) is 0 Å². The summed E-state index contributed by atoms with van der Waals surface area (Å²) in [5.41, 5.74) is 0.